The largest absolute Gasteiger partial charge is 0.275 e. The predicted molar refractivity (Wildman–Crippen MR) is 108 cm³/mol. The van der Waals surface area contributed by atoms with Crippen molar-refractivity contribution < 1.29 is 4.79 Å². The highest BCUT2D eigenvalue weighted by Gasteiger charge is 2.18. The summed E-state index contributed by atoms with van der Waals surface area (Å²) >= 11 is 0. The van der Waals surface area contributed by atoms with Gasteiger partial charge in [-0.1, -0.05) is 54.6 Å². The molecule has 0 bridgehead atoms. The fraction of sp³-hybridized carbons (Fsp3) is 0. The Labute approximate surface area is 162 Å². The number of nitrogens with one attached hydrogen (secondary N) is 1. The van der Waals surface area contributed by atoms with Crippen LogP contribution in [-0.4, -0.2) is 26.9 Å². The third-order valence-electron chi connectivity index (χ3n) is 4.09. The number of pyridine rings is 1. The van der Waals surface area contributed by atoms with Gasteiger partial charge in [-0.2, -0.15) is 10.2 Å². The highest BCUT2D eigenvalue weighted by molar-refractivity contribution is 6.00. The Morgan fingerprint density at radius 3 is 2.43 bits per heavy atom. The lowest BCUT2D eigenvalue weighted by Gasteiger charge is -2.01. The smallest absolute Gasteiger partial charge is 0.267 e. The maximum atomic E-state index is 12.8. The molecule has 2 aromatic heterocycles. The van der Waals surface area contributed by atoms with Gasteiger partial charge in [-0.25, -0.2) is 10.1 Å². The van der Waals surface area contributed by atoms with Gasteiger partial charge in [-0.15, -0.1) is 0 Å². The lowest BCUT2D eigenvalue weighted by atomic mass is 10.1. The van der Waals surface area contributed by atoms with Crippen LogP contribution in [0.4, 0.5) is 0 Å². The summed E-state index contributed by atoms with van der Waals surface area (Å²) in [6, 6.07) is 22.9. The van der Waals surface area contributed by atoms with E-state index < -0.39 is 0 Å². The van der Waals surface area contributed by atoms with E-state index in [1.165, 1.54) is 0 Å². The highest BCUT2D eigenvalue weighted by atomic mass is 16.2. The predicted octanol–water partition coefficient (Wildman–Crippen LogP) is 3.70. The minimum Gasteiger partial charge on any atom is -0.267 e. The van der Waals surface area contributed by atoms with E-state index in [1.807, 2.05) is 66.7 Å². The number of rotatable bonds is 5. The van der Waals surface area contributed by atoms with Gasteiger partial charge in [-0.3, -0.25) is 9.78 Å². The van der Waals surface area contributed by atoms with E-state index in [1.54, 1.807) is 35.6 Å². The first-order chi connectivity index (χ1) is 13.8. The van der Waals surface area contributed by atoms with E-state index >= 15 is 0 Å². The standard InChI is InChI=1S/C22H17N5O/c28-22(25-24-15-17-8-7-13-23-14-17)20-16-27(19-11-5-2-6-12-19)26-21(20)18-9-3-1-4-10-18/h1-16H,(H,25,28)/b24-15-. The molecule has 136 valence electrons. The number of amides is 1. The van der Waals surface area contributed by atoms with Gasteiger partial charge in [0.25, 0.3) is 5.91 Å². The average Bonchev–Trinajstić information content (AvgIpc) is 3.21. The van der Waals surface area contributed by atoms with Crippen molar-refractivity contribution in [2.75, 3.05) is 0 Å². The molecular weight excluding hydrogens is 350 g/mol. The quantitative estimate of drug-likeness (QED) is 0.432. The number of carbonyl (C=O) groups excluding carboxylic acids is 1. The monoisotopic (exact) mass is 367 g/mol. The summed E-state index contributed by atoms with van der Waals surface area (Å²) in [5, 5.41) is 8.67. The molecule has 0 atom stereocenters. The van der Waals surface area contributed by atoms with Crippen LogP contribution in [0.5, 0.6) is 0 Å². The third kappa shape index (κ3) is 3.86. The number of aromatic nitrogens is 3. The molecule has 6 heteroatoms. The Morgan fingerprint density at radius 1 is 0.964 bits per heavy atom. The van der Waals surface area contributed by atoms with Crippen molar-refractivity contribution >= 4 is 12.1 Å². The molecule has 4 aromatic rings. The molecule has 0 aliphatic heterocycles. The van der Waals surface area contributed by atoms with Crippen molar-refractivity contribution in [3.8, 4) is 16.9 Å². The van der Waals surface area contributed by atoms with E-state index in [9.17, 15) is 4.79 Å². The maximum Gasteiger partial charge on any atom is 0.275 e. The van der Waals surface area contributed by atoms with Gasteiger partial charge in [0.2, 0.25) is 0 Å². The molecular formula is C22H17N5O. The Hall–Kier alpha value is -4.06. The van der Waals surface area contributed by atoms with Crippen molar-refractivity contribution in [2.24, 2.45) is 5.10 Å². The molecule has 4 rings (SSSR count). The van der Waals surface area contributed by atoms with Gasteiger partial charge in [0.1, 0.15) is 5.69 Å². The van der Waals surface area contributed by atoms with Gasteiger partial charge in [0.05, 0.1) is 17.5 Å². The molecule has 2 aromatic carbocycles. The number of hydrogen-bond donors (Lipinski definition) is 1. The molecule has 1 N–H and O–H groups in total. The second kappa shape index (κ2) is 8.09. The summed E-state index contributed by atoms with van der Waals surface area (Å²) in [4.78, 5) is 16.8. The van der Waals surface area contributed by atoms with Crippen LogP contribution in [0.1, 0.15) is 15.9 Å². The summed E-state index contributed by atoms with van der Waals surface area (Å²) in [6.07, 6.45) is 6.61. The number of nitrogens with zero attached hydrogens (tertiary/aromatic N) is 4. The van der Waals surface area contributed by atoms with Crippen LogP contribution in [0.25, 0.3) is 16.9 Å². The second-order valence-corrected chi connectivity index (χ2v) is 6.02. The molecule has 0 aliphatic rings. The fourth-order valence-corrected chi connectivity index (χ4v) is 2.74. The van der Waals surface area contributed by atoms with Crippen molar-refractivity contribution in [3.05, 3.63) is 103 Å². The third-order valence-corrected chi connectivity index (χ3v) is 4.09. The van der Waals surface area contributed by atoms with Crippen molar-refractivity contribution in [3.63, 3.8) is 0 Å². The highest BCUT2D eigenvalue weighted by Crippen LogP contribution is 2.23. The van der Waals surface area contributed by atoms with Crippen LogP contribution < -0.4 is 5.43 Å². The summed E-state index contributed by atoms with van der Waals surface area (Å²) in [7, 11) is 0. The molecule has 0 unspecified atom stereocenters. The van der Waals surface area contributed by atoms with Crippen molar-refractivity contribution in [1.82, 2.24) is 20.2 Å². The van der Waals surface area contributed by atoms with Crippen LogP contribution in [0, 0.1) is 0 Å². The Morgan fingerprint density at radius 2 is 1.71 bits per heavy atom. The molecule has 0 fully saturated rings. The van der Waals surface area contributed by atoms with Gasteiger partial charge < -0.3 is 0 Å². The van der Waals surface area contributed by atoms with Crippen LogP contribution in [0.3, 0.4) is 0 Å². The maximum absolute atomic E-state index is 12.8. The summed E-state index contributed by atoms with van der Waals surface area (Å²) in [5.74, 6) is -0.332. The van der Waals surface area contributed by atoms with E-state index in [-0.39, 0.29) is 5.91 Å². The van der Waals surface area contributed by atoms with Gasteiger partial charge in [0.15, 0.2) is 0 Å². The SMILES string of the molecule is O=C(N/N=C\c1cccnc1)c1cn(-c2ccccc2)nc1-c1ccccc1. The summed E-state index contributed by atoms with van der Waals surface area (Å²) in [6.45, 7) is 0. The zero-order valence-corrected chi connectivity index (χ0v) is 14.9. The first kappa shape index (κ1) is 17.4. The Bertz CT molecular complexity index is 1090. The molecule has 28 heavy (non-hydrogen) atoms. The number of hydrazone groups is 1. The summed E-state index contributed by atoms with van der Waals surface area (Å²) < 4.78 is 1.70. The lowest BCUT2D eigenvalue weighted by Crippen LogP contribution is -2.18. The topological polar surface area (TPSA) is 72.2 Å². The van der Waals surface area contributed by atoms with E-state index in [0.29, 0.717) is 11.3 Å². The number of hydrogen-bond acceptors (Lipinski definition) is 4. The number of benzene rings is 2. The van der Waals surface area contributed by atoms with Crippen LogP contribution in [-0.2, 0) is 0 Å². The first-order valence-corrected chi connectivity index (χ1v) is 8.75. The van der Waals surface area contributed by atoms with Crippen LogP contribution in [0.15, 0.2) is 96.5 Å². The Kier molecular flexibility index (Phi) is 5.02. The summed E-state index contributed by atoms with van der Waals surface area (Å²) in [5.41, 5.74) is 6.14. The van der Waals surface area contributed by atoms with Crippen LogP contribution >= 0.6 is 0 Å². The van der Waals surface area contributed by atoms with Crippen molar-refractivity contribution in [2.45, 2.75) is 0 Å². The fourth-order valence-electron chi connectivity index (χ4n) is 2.74. The van der Waals surface area contributed by atoms with E-state index in [0.717, 1.165) is 16.8 Å². The molecule has 0 aliphatic carbocycles. The minimum atomic E-state index is -0.332. The number of carbonyl (C=O) groups is 1. The number of para-hydroxylation sites is 1. The molecule has 0 saturated carbocycles. The van der Waals surface area contributed by atoms with Gasteiger partial charge >= 0.3 is 0 Å². The van der Waals surface area contributed by atoms with E-state index in [4.69, 9.17) is 0 Å². The van der Waals surface area contributed by atoms with Gasteiger partial charge in [0, 0.05) is 29.7 Å². The van der Waals surface area contributed by atoms with E-state index in [2.05, 4.69) is 20.6 Å². The van der Waals surface area contributed by atoms with Crippen LogP contribution in [0.2, 0.25) is 0 Å². The zero-order valence-electron chi connectivity index (χ0n) is 14.9. The second-order valence-electron chi connectivity index (χ2n) is 6.02. The molecule has 0 spiro atoms. The molecule has 2 heterocycles. The minimum absolute atomic E-state index is 0.332. The molecule has 1 amide bonds. The normalized spacial score (nSPS) is 10.9. The van der Waals surface area contributed by atoms with Gasteiger partial charge in [-0.05, 0) is 18.2 Å². The average molecular weight is 367 g/mol. The Balaban J connectivity index is 1.65. The molecule has 0 saturated heterocycles. The first-order valence-electron chi connectivity index (χ1n) is 8.75. The van der Waals surface area contributed by atoms with Crippen molar-refractivity contribution in [1.29, 1.82) is 0 Å². The molecule has 6 nitrogen and oxygen atoms in total. The lowest BCUT2D eigenvalue weighted by molar-refractivity contribution is 0.0956. The zero-order chi connectivity index (χ0) is 19.2. The molecule has 0 radical (unpaired) electrons.